The van der Waals surface area contributed by atoms with Crippen LogP contribution in [0, 0.1) is 0 Å². The Morgan fingerprint density at radius 3 is 2.76 bits per heavy atom. The minimum atomic E-state index is -0.949. The first-order valence-corrected chi connectivity index (χ1v) is 5.14. The quantitative estimate of drug-likeness (QED) is 0.788. The van der Waals surface area contributed by atoms with Crippen molar-refractivity contribution < 1.29 is 9.47 Å². The van der Waals surface area contributed by atoms with E-state index < -0.39 is 5.79 Å². The molecule has 6 heteroatoms. The van der Waals surface area contributed by atoms with E-state index in [0.29, 0.717) is 12.2 Å². The van der Waals surface area contributed by atoms with E-state index in [2.05, 4.69) is 15.1 Å². The average Bonchev–Trinajstić information content (AvgIpc) is 3.03. The van der Waals surface area contributed by atoms with Gasteiger partial charge < -0.3 is 9.47 Å². The van der Waals surface area contributed by atoms with Crippen LogP contribution in [0.5, 0.6) is 0 Å². The van der Waals surface area contributed by atoms with Crippen molar-refractivity contribution in [3.05, 3.63) is 55.3 Å². The number of nitrogens with zero attached hydrogens (tertiary/aromatic N) is 4. The molecule has 3 heterocycles. The van der Waals surface area contributed by atoms with Gasteiger partial charge in [0.25, 0.3) is 0 Å². The van der Waals surface area contributed by atoms with Gasteiger partial charge in [-0.1, -0.05) is 6.07 Å². The Morgan fingerprint density at radius 1 is 1.24 bits per heavy atom. The van der Waals surface area contributed by atoms with Crippen LogP contribution in [0.25, 0.3) is 0 Å². The molecule has 0 unspecified atom stereocenters. The summed E-state index contributed by atoms with van der Waals surface area (Å²) in [6.45, 7) is 0.386. The third kappa shape index (κ3) is 1.73. The highest BCUT2D eigenvalue weighted by atomic mass is 16.7. The van der Waals surface area contributed by atoms with E-state index in [0.717, 1.165) is 0 Å². The summed E-state index contributed by atoms with van der Waals surface area (Å²) in [5, 5.41) is 4.04. The van der Waals surface area contributed by atoms with Gasteiger partial charge in [-0.05, 0) is 12.1 Å². The third-order valence-corrected chi connectivity index (χ3v) is 2.46. The largest absolute Gasteiger partial charge is 0.450 e. The maximum absolute atomic E-state index is 5.55. The number of pyridine rings is 1. The minimum Gasteiger partial charge on any atom is -0.450 e. The van der Waals surface area contributed by atoms with Gasteiger partial charge in [-0.25, -0.2) is 9.67 Å². The molecule has 0 spiro atoms. The molecule has 0 aliphatic carbocycles. The van der Waals surface area contributed by atoms with Gasteiger partial charge >= 0.3 is 5.79 Å². The average molecular weight is 230 g/mol. The minimum absolute atomic E-state index is 0.386. The lowest BCUT2D eigenvalue weighted by Crippen LogP contribution is -2.33. The van der Waals surface area contributed by atoms with Crippen LogP contribution in [-0.4, -0.2) is 19.7 Å². The SMILES string of the molecule is C1=COC(Cn2cncn2)(c2ccccn2)O1. The van der Waals surface area contributed by atoms with Crippen molar-refractivity contribution in [1.82, 2.24) is 19.7 Å². The Kier molecular flexibility index (Phi) is 2.25. The van der Waals surface area contributed by atoms with Crippen LogP contribution in [0.3, 0.4) is 0 Å². The van der Waals surface area contributed by atoms with Gasteiger partial charge in [0.05, 0.1) is 0 Å². The fourth-order valence-corrected chi connectivity index (χ4v) is 1.70. The molecule has 0 aromatic carbocycles. The molecule has 1 aliphatic heterocycles. The van der Waals surface area contributed by atoms with E-state index in [1.807, 2.05) is 18.2 Å². The van der Waals surface area contributed by atoms with Gasteiger partial charge in [0.1, 0.15) is 37.4 Å². The first kappa shape index (κ1) is 9.83. The summed E-state index contributed by atoms with van der Waals surface area (Å²) in [7, 11) is 0. The second kappa shape index (κ2) is 3.89. The molecule has 1 aliphatic rings. The van der Waals surface area contributed by atoms with Crippen LogP contribution in [-0.2, 0) is 21.8 Å². The van der Waals surface area contributed by atoms with Crippen molar-refractivity contribution in [2.45, 2.75) is 12.3 Å². The van der Waals surface area contributed by atoms with Crippen LogP contribution >= 0.6 is 0 Å². The van der Waals surface area contributed by atoms with E-state index in [-0.39, 0.29) is 0 Å². The molecule has 6 nitrogen and oxygen atoms in total. The predicted octanol–water partition coefficient (Wildman–Crippen LogP) is 1.04. The molecular formula is C11H10N4O2. The second-order valence-electron chi connectivity index (χ2n) is 3.57. The Bertz CT molecular complexity index is 502. The van der Waals surface area contributed by atoms with Gasteiger partial charge in [0, 0.05) is 6.20 Å². The Balaban J connectivity index is 1.94. The molecule has 86 valence electrons. The summed E-state index contributed by atoms with van der Waals surface area (Å²) in [6, 6.07) is 5.58. The molecule has 0 amide bonds. The molecule has 17 heavy (non-hydrogen) atoms. The maximum atomic E-state index is 5.55. The van der Waals surface area contributed by atoms with Crippen molar-refractivity contribution in [1.29, 1.82) is 0 Å². The maximum Gasteiger partial charge on any atom is 0.314 e. The summed E-state index contributed by atoms with van der Waals surface area (Å²) in [4.78, 5) is 8.15. The Labute approximate surface area is 97.5 Å². The molecular weight excluding hydrogens is 220 g/mol. The lowest BCUT2D eigenvalue weighted by Gasteiger charge is -2.26. The van der Waals surface area contributed by atoms with E-state index in [1.54, 1.807) is 17.2 Å². The van der Waals surface area contributed by atoms with Gasteiger partial charge in [-0.2, -0.15) is 5.10 Å². The van der Waals surface area contributed by atoms with E-state index in [9.17, 15) is 0 Å². The van der Waals surface area contributed by atoms with Gasteiger partial charge in [0.15, 0.2) is 0 Å². The fraction of sp³-hybridized carbons (Fsp3) is 0.182. The van der Waals surface area contributed by atoms with Gasteiger partial charge in [0.2, 0.25) is 0 Å². The van der Waals surface area contributed by atoms with Crippen LogP contribution in [0.15, 0.2) is 49.6 Å². The molecule has 3 rings (SSSR count). The van der Waals surface area contributed by atoms with E-state index in [4.69, 9.17) is 9.47 Å². The highest BCUT2D eigenvalue weighted by Gasteiger charge is 2.40. The molecule has 0 fully saturated rings. The first-order chi connectivity index (χ1) is 8.39. The number of hydrogen-bond donors (Lipinski definition) is 0. The number of ether oxygens (including phenoxy) is 2. The summed E-state index contributed by atoms with van der Waals surface area (Å²) in [5.74, 6) is -0.949. The zero-order chi connectivity index (χ0) is 11.6. The van der Waals surface area contributed by atoms with E-state index in [1.165, 1.54) is 18.9 Å². The molecule has 2 aromatic rings. The molecule has 0 saturated heterocycles. The normalized spacial score (nSPS) is 16.5. The summed E-state index contributed by atoms with van der Waals surface area (Å²) in [6.07, 6.45) is 7.78. The van der Waals surface area contributed by atoms with Crippen molar-refractivity contribution >= 4 is 0 Å². The summed E-state index contributed by atoms with van der Waals surface area (Å²) < 4.78 is 12.7. The van der Waals surface area contributed by atoms with E-state index >= 15 is 0 Å². The van der Waals surface area contributed by atoms with Gasteiger partial charge in [-0.3, -0.25) is 4.98 Å². The Hall–Kier alpha value is -2.37. The molecule has 0 bridgehead atoms. The second-order valence-corrected chi connectivity index (χ2v) is 3.57. The molecule has 0 saturated carbocycles. The first-order valence-electron chi connectivity index (χ1n) is 5.14. The predicted molar refractivity (Wildman–Crippen MR) is 57.2 cm³/mol. The molecule has 0 N–H and O–H groups in total. The highest BCUT2D eigenvalue weighted by molar-refractivity contribution is 5.12. The molecule has 2 aromatic heterocycles. The zero-order valence-electron chi connectivity index (χ0n) is 8.93. The monoisotopic (exact) mass is 230 g/mol. The topological polar surface area (TPSA) is 62.1 Å². The lowest BCUT2D eigenvalue weighted by atomic mass is 10.1. The smallest absolute Gasteiger partial charge is 0.314 e. The lowest BCUT2D eigenvalue weighted by molar-refractivity contribution is -0.165. The molecule has 0 radical (unpaired) electrons. The summed E-state index contributed by atoms with van der Waals surface area (Å²) in [5.41, 5.74) is 0.695. The van der Waals surface area contributed by atoms with Crippen molar-refractivity contribution in [3.63, 3.8) is 0 Å². The number of aromatic nitrogens is 4. The zero-order valence-corrected chi connectivity index (χ0v) is 8.93. The standard InChI is InChI=1S/C11H10N4O2/c1-2-4-13-10(3-1)11(16-5-6-17-11)7-15-9-12-8-14-15/h1-6,8-9H,7H2. The van der Waals surface area contributed by atoms with Crippen molar-refractivity contribution in [2.75, 3.05) is 0 Å². The highest BCUT2D eigenvalue weighted by Crippen LogP contribution is 2.32. The van der Waals surface area contributed by atoms with Crippen LogP contribution < -0.4 is 0 Å². The van der Waals surface area contributed by atoms with Crippen LogP contribution in [0.1, 0.15) is 5.69 Å². The van der Waals surface area contributed by atoms with Crippen LogP contribution in [0.4, 0.5) is 0 Å². The van der Waals surface area contributed by atoms with Crippen molar-refractivity contribution in [3.8, 4) is 0 Å². The van der Waals surface area contributed by atoms with Gasteiger partial charge in [-0.15, -0.1) is 0 Å². The molecule has 0 atom stereocenters. The Morgan fingerprint density at radius 2 is 2.12 bits per heavy atom. The summed E-state index contributed by atoms with van der Waals surface area (Å²) >= 11 is 0. The fourth-order valence-electron chi connectivity index (χ4n) is 1.70. The van der Waals surface area contributed by atoms with Crippen LogP contribution in [0.2, 0.25) is 0 Å². The third-order valence-electron chi connectivity index (χ3n) is 2.46. The number of hydrogen-bond acceptors (Lipinski definition) is 5. The number of rotatable bonds is 3. The van der Waals surface area contributed by atoms with Crippen molar-refractivity contribution in [2.24, 2.45) is 0 Å².